The van der Waals surface area contributed by atoms with Crippen LogP contribution in [0.25, 0.3) is 0 Å². The number of benzene rings is 1. The Morgan fingerprint density at radius 1 is 1.24 bits per heavy atom. The number of nitrogens with zero attached hydrogens (tertiary/aromatic N) is 1. The van der Waals surface area contributed by atoms with Gasteiger partial charge >= 0.3 is 0 Å². The van der Waals surface area contributed by atoms with Crippen molar-refractivity contribution in [3.8, 4) is 11.5 Å². The predicted octanol–water partition coefficient (Wildman–Crippen LogP) is 2.79. The molecule has 2 aliphatic rings. The fourth-order valence-corrected chi connectivity index (χ4v) is 3.60. The van der Waals surface area contributed by atoms with Crippen molar-refractivity contribution < 1.29 is 14.3 Å². The Labute approximate surface area is 150 Å². The number of carbonyl (C=O) groups excluding carboxylic acids is 1. The largest absolute Gasteiger partial charge is 0.493 e. The van der Waals surface area contributed by atoms with Crippen LogP contribution in [0.4, 0.5) is 0 Å². The van der Waals surface area contributed by atoms with Crippen molar-refractivity contribution in [1.82, 2.24) is 10.2 Å². The van der Waals surface area contributed by atoms with Gasteiger partial charge in [0.1, 0.15) is 0 Å². The molecule has 3 rings (SSSR count). The molecule has 1 aromatic rings. The number of amides is 1. The lowest BCUT2D eigenvalue weighted by Crippen LogP contribution is -2.45. The van der Waals surface area contributed by atoms with Crippen molar-refractivity contribution in [2.24, 2.45) is 0 Å². The normalized spacial score (nSPS) is 18.6. The predicted molar refractivity (Wildman–Crippen MR) is 98.5 cm³/mol. The Morgan fingerprint density at radius 2 is 1.96 bits per heavy atom. The van der Waals surface area contributed by atoms with Gasteiger partial charge in [-0.1, -0.05) is 6.08 Å². The molecule has 1 saturated carbocycles. The molecular weight excluding hydrogens is 316 g/mol. The summed E-state index contributed by atoms with van der Waals surface area (Å²) in [4.78, 5) is 15.3. The molecule has 136 valence electrons. The van der Waals surface area contributed by atoms with Gasteiger partial charge in [0.2, 0.25) is 0 Å². The van der Waals surface area contributed by atoms with E-state index in [2.05, 4.69) is 16.8 Å². The third-order valence-corrected chi connectivity index (χ3v) is 5.11. The lowest BCUT2D eigenvalue weighted by atomic mass is 10.0. The Balaban J connectivity index is 1.68. The van der Waals surface area contributed by atoms with E-state index >= 15 is 0 Å². The first-order valence-electron chi connectivity index (χ1n) is 9.07. The van der Waals surface area contributed by atoms with Gasteiger partial charge in [-0.15, -0.1) is 6.58 Å². The number of allylic oxidation sites excluding steroid dienone is 1. The van der Waals surface area contributed by atoms with Gasteiger partial charge in [0.25, 0.3) is 5.91 Å². The van der Waals surface area contributed by atoms with E-state index in [-0.39, 0.29) is 11.9 Å². The standard InChI is InChI=1S/C20H28N2O3/c1-4-5-14-12-15(13-18(24-2)19(14)25-3)20(23)21-16-8-10-22(11-9-16)17-6-7-17/h4,12-13,16-17H,1,5-11H2,2-3H3,(H,21,23). The van der Waals surface area contributed by atoms with Gasteiger partial charge in [0, 0.05) is 36.3 Å². The summed E-state index contributed by atoms with van der Waals surface area (Å²) in [5.74, 6) is 1.20. The fraction of sp³-hybridized carbons (Fsp3) is 0.550. The molecule has 1 heterocycles. The molecule has 1 amide bonds. The smallest absolute Gasteiger partial charge is 0.251 e. The van der Waals surface area contributed by atoms with E-state index in [4.69, 9.17) is 9.47 Å². The van der Waals surface area contributed by atoms with Gasteiger partial charge in [0.05, 0.1) is 14.2 Å². The second-order valence-corrected chi connectivity index (χ2v) is 6.88. The molecule has 0 spiro atoms. The number of nitrogens with one attached hydrogen (secondary N) is 1. The molecule has 5 heteroatoms. The maximum absolute atomic E-state index is 12.7. The molecule has 1 aliphatic heterocycles. The number of carbonyl (C=O) groups is 1. The molecule has 0 atom stereocenters. The van der Waals surface area contributed by atoms with E-state index in [1.54, 1.807) is 26.4 Å². The summed E-state index contributed by atoms with van der Waals surface area (Å²) in [5, 5.41) is 3.19. The number of likely N-dealkylation sites (tertiary alicyclic amines) is 1. The highest BCUT2D eigenvalue weighted by atomic mass is 16.5. The highest BCUT2D eigenvalue weighted by molar-refractivity contribution is 5.95. The molecule has 1 aliphatic carbocycles. The van der Waals surface area contributed by atoms with Crippen LogP contribution >= 0.6 is 0 Å². The first kappa shape index (κ1) is 17.8. The second kappa shape index (κ2) is 7.91. The van der Waals surface area contributed by atoms with Crippen molar-refractivity contribution in [2.75, 3.05) is 27.3 Å². The fourth-order valence-electron chi connectivity index (χ4n) is 3.60. The highest BCUT2D eigenvalue weighted by Crippen LogP contribution is 2.33. The third kappa shape index (κ3) is 4.15. The molecule has 2 fully saturated rings. The summed E-state index contributed by atoms with van der Waals surface area (Å²) in [6.45, 7) is 5.95. The zero-order chi connectivity index (χ0) is 17.8. The van der Waals surface area contributed by atoms with E-state index < -0.39 is 0 Å². The first-order valence-corrected chi connectivity index (χ1v) is 9.07. The van der Waals surface area contributed by atoms with Crippen LogP contribution in [0.1, 0.15) is 41.6 Å². The number of hydrogen-bond acceptors (Lipinski definition) is 4. The molecule has 1 saturated heterocycles. The minimum absolute atomic E-state index is 0.0452. The number of ether oxygens (including phenoxy) is 2. The van der Waals surface area contributed by atoms with Gasteiger partial charge in [-0.3, -0.25) is 4.79 Å². The second-order valence-electron chi connectivity index (χ2n) is 6.88. The summed E-state index contributed by atoms with van der Waals surface area (Å²) < 4.78 is 10.8. The average molecular weight is 344 g/mol. The van der Waals surface area contributed by atoms with E-state index in [0.717, 1.165) is 37.5 Å². The van der Waals surface area contributed by atoms with Crippen LogP contribution in [-0.4, -0.2) is 50.2 Å². The highest BCUT2D eigenvalue weighted by Gasteiger charge is 2.32. The van der Waals surface area contributed by atoms with Crippen molar-refractivity contribution in [3.05, 3.63) is 35.9 Å². The van der Waals surface area contributed by atoms with Gasteiger partial charge in [-0.2, -0.15) is 0 Å². The summed E-state index contributed by atoms with van der Waals surface area (Å²) in [7, 11) is 3.20. The molecule has 1 N–H and O–H groups in total. The zero-order valence-electron chi connectivity index (χ0n) is 15.2. The van der Waals surface area contributed by atoms with Crippen LogP contribution < -0.4 is 14.8 Å². The van der Waals surface area contributed by atoms with Crippen LogP contribution in [0, 0.1) is 0 Å². The molecule has 0 aromatic heterocycles. The molecular formula is C20H28N2O3. The van der Waals surface area contributed by atoms with E-state index in [0.29, 0.717) is 23.5 Å². The minimum Gasteiger partial charge on any atom is -0.493 e. The van der Waals surface area contributed by atoms with Gasteiger partial charge in [0.15, 0.2) is 11.5 Å². The van der Waals surface area contributed by atoms with E-state index in [1.807, 2.05) is 6.07 Å². The monoisotopic (exact) mass is 344 g/mol. The van der Waals surface area contributed by atoms with Crippen molar-refractivity contribution in [2.45, 2.75) is 44.2 Å². The molecule has 25 heavy (non-hydrogen) atoms. The molecule has 0 bridgehead atoms. The Hall–Kier alpha value is -2.01. The molecule has 1 aromatic carbocycles. The number of hydrogen-bond donors (Lipinski definition) is 1. The molecule has 0 unspecified atom stereocenters. The van der Waals surface area contributed by atoms with E-state index in [9.17, 15) is 4.79 Å². The number of piperidine rings is 1. The van der Waals surface area contributed by atoms with Crippen LogP contribution in [0.2, 0.25) is 0 Å². The van der Waals surface area contributed by atoms with Gasteiger partial charge in [-0.05, 0) is 44.2 Å². The van der Waals surface area contributed by atoms with Crippen LogP contribution in [0.5, 0.6) is 11.5 Å². The number of methoxy groups -OCH3 is 2. The summed E-state index contributed by atoms with van der Waals surface area (Å²) in [6, 6.07) is 4.68. The Bertz CT molecular complexity index is 632. The molecule has 5 nitrogen and oxygen atoms in total. The SMILES string of the molecule is C=CCc1cc(C(=O)NC2CCN(C3CC3)CC2)cc(OC)c1OC. The quantitative estimate of drug-likeness (QED) is 0.773. The summed E-state index contributed by atoms with van der Waals surface area (Å²) in [6.07, 6.45) is 7.15. The van der Waals surface area contributed by atoms with Crippen LogP contribution in [0.3, 0.4) is 0 Å². The maximum Gasteiger partial charge on any atom is 0.251 e. The average Bonchev–Trinajstić information content (AvgIpc) is 3.47. The van der Waals surface area contributed by atoms with E-state index in [1.165, 1.54) is 12.8 Å². The first-order chi connectivity index (χ1) is 12.2. The summed E-state index contributed by atoms with van der Waals surface area (Å²) in [5.41, 5.74) is 1.52. The Morgan fingerprint density at radius 3 is 2.52 bits per heavy atom. The third-order valence-electron chi connectivity index (χ3n) is 5.11. The van der Waals surface area contributed by atoms with Crippen molar-refractivity contribution in [1.29, 1.82) is 0 Å². The van der Waals surface area contributed by atoms with Crippen LogP contribution in [-0.2, 0) is 6.42 Å². The Kier molecular flexibility index (Phi) is 5.63. The lowest BCUT2D eigenvalue weighted by molar-refractivity contribution is 0.0908. The summed E-state index contributed by atoms with van der Waals surface area (Å²) >= 11 is 0. The van der Waals surface area contributed by atoms with Crippen molar-refractivity contribution >= 4 is 5.91 Å². The number of rotatable bonds is 7. The topological polar surface area (TPSA) is 50.8 Å². The van der Waals surface area contributed by atoms with Crippen LogP contribution in [0.15, 0.2) is 24.8 Å². The maximum atomic E-state index is 12.7. The zero-order valence-corrected chi connectivity index (χ0v) is 15.2. The minimum atomic E-state index is -0.0452. The lowest BCUT2D eigenvalue weighted by Gasteiger charge is -2.32. The van der Waals surface area contributed by atoms with Gasteiger partial charge < -0.3 is 19.7 Å². The van der Waals surface area contributed by atoms with Gasteiger partial charge in [-0.25, -0.2) is 0 Å². The molecule has 0 radical (unpaired) electrons. The van der Waals surface area contributed by atoms with Crippen molar-refractivity contribution in [3.63, 3.8) is 0 Å².